The summed E-state index contributed by atoms with van der Waals surface area (Å²) >= 11 is 3.56. The van der Waals surface area contributed by atoms with Crippen molar-refractivity contribution >= 4 is 22.7 Å². The number of aliphatic hydroxyl groups is 1. The van der Waals surface area contributed by atoms with Crippen molar-refractivity contribution in [1.29, 1.82) is 0 Å². The SMILES string of the molecule is CC(C)N(Cc1cccs1)Cc1ccc(C#CCCO)s1. The van der Waals surface area contributed by atoms with Crippen LogP contribution < -0.4 is 0 Å². The number of hydrogen-bond donors (Lipinski definition) is 1. The summed E-state index contributed by atoms with van der Waals surface area (Å²) in [5, 5.41) is 10.9. The van der Waals surface area contributed by atoms with Crippen LogP contribution in [0, 0.1) is 11.8 Å². The van der Waals surface area contributed by atoms with E-state index in [4.69, 9.17) is 5.11 Å². The van der Waals surface area contributed by atoms with E-state index in [-0.39, 0.29) is 6.61 Å². The van der Waals surface area contributed by atoms with Gasteiger partial charge in [0.15, 0.2) is 0 Å². The molecule has 0 aliphatic rings. The Labute approximate surface area is 135 Å². The Morgan fingerprint density at radius 1 is 1.19 bits per heavy atom. The molecule has 0 aromatic carbocycles. The van der Waals surface area contributed by atoms with Crippen molar-refractivity contribution in [2.75, 3.05) is 6.61 Å². The molecular formula is C17H21NOS2. The van der Waals surface area contributed by atoms with Crippen LogP contribution in [-0.2, 0) is 13.1 Å². The molecule has 0 saturated carbocycles. The molecule has 0 radical (unpaired) electrons. The smallest absolute Gasteiger partial charge is 0.0771 e. The van der Waals surface area contributed by atoms with Gasteiger partial charge < -0.3 is 5.11 Å². The largest absolute Gasteiger partial charge is 0.395 e. The van der Waals surface area contributed by atoms with E-state index in [1.54, 1.807) is 11.3 Å². The van der Waals surface area contributed by atoms with Gasteiger partial charge in [0.25, 0.3) is 0 Å². The molecule has 0 aliphatic carbocycles. The molecule has 0 amide bonds. The summed E-state index contributed by atoms with van der Waals surface area (Å²) in [7, 11) is 0. The monoisotopic (exact) mass is 319 g/mol. The van der Waals surface area contributed by atoms with E-state index in [1.165, 1.54) is 9.75 Å². The second-order valence-corrected chi connectivity index (χ2v) is 7.32. The third-order valence-electron chi connectivity index (χ3n) is 3.14. The second kappa shape index (κ2) is 8.35. The molecule has 4 heteroatoms. The highest BCUT2D eigenvalue weighted by Crippen LogP contribution is 2.21. The molecule has 2 nitrogen and oxygen atoms in total. The maximum atomic E-state index is 8.75. The van der Waals surface area contributed by atoms with Gasteiger partial charge in [0, 0.05) is 35.3 Å². The fourth-order valence-electron chi connectivity index (χ4n) is 1.96. The van der Waals surface area contributed by atoms with E-state index in [1.807, 2.05) is 11.3 Å². The van der Waals surface area contributed by atoms with Crippen LogP contribution in [-0.4, -0.2) is 22.7 Å². The zero-order valence-electron chi connectivity index (χ0n) is 12.5. The van der Waals surface area contributed by atoms with E-state index in [0.29, 0.717) is 12.5 Å². The minimum Gasteiger partial charge on any atom is -0.395 e. The van der Waals surface area contributed by atoms with Gasteiger partial charge in [0.05, 0.1) is 11.5 Å². The van der Waals surface area contributed by atoms with Crippen LogP contribution in [0.5, 0.6) is 0 Å². The molecule has 2 heterocycles. The first-order valence-corrected chi connectivity index (χ1v) is 8.83. The molecule has 0 spiro atoms. The quantitative estimate of drug-likeness (QED) is 0.815. The van der Waals surface area contributed by atoms with Gasteiger partial charge in [-0.15, -0.1) is 22.7 Å². The van der Waals surface area contributed by atoms with Crippen LogP contribution in [0.3, 0.4) is 0 Å². The van der Waals surface area contributed by atoms with E-state index < -0.39 is 0 Å². The molecule has 0 atom stereocenters. The Hall–Kier alpha value is -1.12. The summed E-state index contributed by atoms with van der Waals surface area (Å²) in [4.78, 5) is 6.30. The molecule has 0 unspecified atom stereocenters. The minimum absolute atomic E-state index is 0.132. The molecular weight excluding hydrogens is 298 g/mol. The van der Waals surface area contributed by atoms with Gasteiger partial charge in [0.1, 0.15) is 0 Å². The van der Waals surface area contributed by atoms with Gasteiger partial charge >= 0.3 is 0 Å². The van der Waals surface area contributed by atoms with Gasteiger partial charge in [-0.2, -0.15) is 0 Å². The lowest BCUT2D eigenvalue weighted by Gasteiger charge is -2.25. The van der Waals surface area contributed by atoms with Gasteiger partial charge in [0.2, 0.25) is 0 Å². The molecule has 0 saturated heterocycles. The minimum atomic E-state index is 0.132. The van der Waals surface area contributed by atoms with E-state index in [9.17, 15) is 0 Å². The Kier molecular flexibility index (Phi) is 6.47. The summed E-state index contributed by atoms with van der Waals surface area (Å²) < 4.78 is 0. The van der Waals surface area contributed by atoms with Gasteiger partial charge in [-0.1, -0.05) is 17.9 Å². The first-order valence-electron chi connectivity index (χ1n) is 7.14. The molecule has 21 heavy (non-hydrogen) atoms. The number of hydrogen-bond acceptors (Lipinski definition) is 4. The third kappa shape index (κ3) is 5.29. The number of nitrogens with zero attached hydrogens (tertiary/aromatic N) is 1. The molecule has 2 aromatic rings. The summed E-state index contributed by atoms with van der Waals surface area (Å²) in [6.07, 6.45) is 0.545. The van der Waals surface area contributed by atoms with Crippen molar-refractivity contribution in [3.05, 3.63) is 44.3 Å². The number of thiophene rings is 2. The Bertz CT molecular complexity index is 590. The van der Waals surface area contributed by atoms with Crippen molar-refractivity contribution in [2.45, 2.75) is 39.4 Å². The first-order chi connectivity index (χ1) is 10.2. The zero-order chi connectivity index (χ0) is 15.1. The van der Waals surface area contributed by atoms with Crippen LogP contribution in [0.1, 0.15) is 34.9 Å². The highest BCUT2D eigenvalue weighted by atomic mass is 32.1. The first kappa shape index (κ1) is 16.3. The lowest BCUT2D eigenvalue weighted by molar-refractivity contribution is 0.207. The lowest BCUT2D eigenvalue weighted by atomic mass is 10.3. The highest BCUT2D eigenvalue weighted by Gasteiger charge is 2.12. The fourth-order valence-corrected chi connectivity index (χ4v) is 3.60. The van der Waals surface area contributed by atoms with E-state index in [2.05, 4.69) is 60.2 Å². The predicted octanol–water partition coefficient (Wildman–Crippen LogP) is 3.95. The zero-order valence-corrected chi connectivity index (χ0v) is 14.1. The normalized spacial score (nSPS) is 10.9. The van der Waals surface area contributed by atoms with Crippen molar-refractivity contribution in [1.82, 2.24) is 4.90 Å². The van der Waals surface area contributed by atoms with Crippen molar-refractivity contribution in [3.8, 4) is 11.8 Å². The van der Waals surface area contributed by atoms with Crippen molar-refractivity contribution in [2.24, 2.45) is 0 Å². The maximum Gasteiger partial charge on any atom is 0.0771 e. The van der Waals surface area contributed by atoms with Crippen LogP contribution in [0.2, 0.25) is 0 Å². The molecule has 1 N–H and O–H groups in total. The second-order valence-electron chi connectivity index (χ2n) is 5.12. The summed E-state index contributed by atoms with van der Waals surface area (Å²) in [5.41, 5.74) is 0. The predicted molar refractivity (Wildman–Crippen MR) is 91.6 cm³/mol. The molecule has 0 bridgehead atoms. The standard InChI is InChI=1S/C17H21NOS2/c1-14(2)18(12-16-7-5-11-20-16)13-17-9-8-15(21-17)6-3-4-10-19/h5,7-9,11,14,19H,4,10,12-13H2,1-2H3. The third-order valence-corrected chi connectivity index (χ3v) is 4.98. The average Bonchev–Trinajstić information content (AvgIpc) is 3.10. The van der Waals surface area contributed by atoms with E-state index >= 15 is 0 Å². The highest BCUT2D eigenvalue weighted by molar-refractivity contribution is 7.12. The Balaban J connectivity index is 1.99. The van der Waals surface area contributed by atoms with Gasteiger partial charge in [-0.25, -0.2) is 0 Å². The van der Waals surface area contributed by atoms with Crippen LogP contribution in [0.25, 0.3) is 0 Å². The summed E-state index contributed by atoms with van der Waals surface area (Å²) in [6, 6.07) is 9.06. The van der Waals surface area contributed by atoms with Crippen LogP contribution in [0.4, 0.5) is 0 Å². The van der Waals surface area contributed by atoms with Crippen LogP contribution >= 0.6 is 22.7 Å². The van der Waals surface area contributed by atoms with E-state index in [0.717, 1.165) is 18.0 Å². The topological polar surface area (TPSA) is 23.5 Å². The number of aliphatic hydroxyl groups excluding tert-OH is 1. The Morgan fingerprint density at radius 2 is 2.00 bits per heavy atom. The molecule has 0 fully saturated rings. The van der Waals surface area contributed by atoms with Gasteiger partial charge in [-0.3, -0.25) is 4.90 Å². The molecule has 112 valence electrons. The summed E-state index contributed by atoms with van der Waals surface area (Å²) in [5.74, 6) is 6.08. The lowest BCUT2D eigenvalue weighted by Crippen LogP contribution is -2.29. The Morgan fingerprint density at radius 3 is 2.67 bits per heavy atom. The maximum absolute atomic E-state index is 8.75. The van der Waals surface area contributed by atoms with Crippen molar-refractivity contribution in [3.63, 3.8) is 0 Å². The average molecular weight is 319 g/mol. The molecule has 2 aromatic heterocycles. The van der Waals surface area contributed by atoms with Gasteiger partial charge in [-0.05, 0) is 37.4 Å². The van der Waals surface area contributed by atoms with Crippen molar-refractivity contribution < 1.29 is 5.11 Å². The molecule has 2 rings (SSSR count). The number of rotatable bonds is 6. The van der Waals surface area contributed by atoms with Crippen LogP contribution in [0.15, 0.2) is 29.6 Å². The summed E-state index contributed by atoms with van der Waals surface area (Å²) in [6.45, 7) is 6.57. The fraction of sp³-hybridized carbons (Fsp3) is 0.412. The molecule has 0 aliphatic heterocycles.